The van der Waals surface area contributed by atoms with Gasteiger partial charge in [0.05, 0.1) is 23.0 Å². The van der Waals surface area contributed by atoms with Crippen LogP contribution in [0.2, 0.25) is 0 Å². The number of hydrogen-bond donors (Lipinski definition) is 2. The van der Waals surface area contributed by atoms with Crippen molar-refractivity contribution >= 4 is 17.3 Å². The first-order valence-corrected chi connectivity index (χ1v) is 6.02. The Bertz CT molecular complexity index is 642. The van der Waals surface area contributed by atoms with Gasteiger partial charge in [0.2, 0.25) is 0 Å². The molecule has 1 aromatic carbocycles. The zero-order chi connectivity index (χ0) is 15.5. The van der Waals surface area contributed by atoms with Gasteiger partial charge in [-0.05, 0) is 30.3 Å². The van der Waals surface area contributed by atoms with Crippen LogP contribution in [-0.2, 0) is 6.18 Å². The van der Waals surface area contributed by atoms with E-state index in [0.29, 0.717) is 11.4 Å². The lowest BCUT2D eigenvalue weighted by Crippen LogP contribution is -2.16. The summed E-state index contributed by atoms with van der Waals surface area (Å²) in [5.41, 5.74) is -0.250. The molecule has 1 aromatic heterocycles. The third-order valence-electron chi connectivity index (χ3n) is 2.78. The number of hydrogen-bond acceptors (Lipinski definition) is 3. The highest BCUT2D eigenvalue weighted by atomic mass is 19.4. The van der Waals surface area contributed by atoms with Gasteiger partial charge in [0.25, 0.3) is 5.91 Å². The Morgan fingerprint density at radius 1 is 1.24 bits per heavy atom. The standard InChI is InChI=1S/C14H12F3N3O/c1-18-12-5-4-9(14(15,16)17)7-11(12)13(21)20-10-3-2-6-19-8-10/h2-8,18H,1H3,(H,20,21). The van der Waals surface area contributed by atoms with Crippen molar-refractivity contribution in [2.75, 3.05) is 17.7 Å². The molecule has 2 N–H and O–H groups in total. The predicted molar refractivity (Wildman–Crippen MR) is 73.2 cm³/mol. The van der Waals surface area contributed by atoms with Crippen LogP contribution in [0.15, 0.2) is 42.7 Å². The molecule has 1 heterocycles. The van der Waals surface area contributed by atoms with Crippen molar-refractivity contribution < 1.29 is 18.0 Å². The molecule has 0 saturated heterocycles. The van der Waals surface area contributed by atoms with E-state index in [1.165, 1.54) is 25.5 Å². The van der Waals surface area contributed by atoms with Crippen LogP contribution in [0.5, 0.6) is 0 Å². The molecule has 0 spiro atoms. The normalized spacial score (nSPS) is 11.0. The van der Waals surface area contributed by atoms with Gasteiger partial charge in [0, 0.05) is 18.9 Å². The lowest BCUT2D eigenvalue weighted by molar-refractivity contribution is -0.137. The van der Waals surface area contributed by atoms with Crippen molar-refractivity contribution in [1.82, 2.24) is 4.98 Å². The first-order chi connectivity index (χ1) is 9.91. The van der Waals surface area contributed by atoms with Crippen LogP contribution in [0.4, 0.5) is 24.5 Å². The second-order valence-electron chi connectivity index (χ2n) is 4.20. The van der Waals surface area contributed by atoms with E-state index in [4.69, 9.17) is 0 Å². The molecule has 0 bridgehead atoms. The maximum absolute atomic E-state index is 12.7. The number of carbonyl (C=O) groups excluding carboxylic acids is 1. The first kappa shape index (κ1) is 14.8. The van der Waals surface area contributed by atoms with Crippen molar-refractivity contribution in [3.05, 3.63) is 53.9 Å². The molecule has 7 heteroatoms. The summed E-state index contributed by atoms with van der Waals surface area (Å²) in [5, 5.41) is 5.20. The average molecular weight is 295 g/mol. The molecule has 0 atom stereocenters. The SMILES string of the molecule is CNc1ccc(C(F)(F)F)cc1C(=O)Nc1cccnc1. The van der Waals surface area contributed by atoms with Crippen LogP contribution in [0.25, 0.3) is 0 Å². The Kier molecular flexibility index (Phi) is 4.11. The van der Waals surface area contributed by atoms with Gasteiger partial charge in [-0.3, -0.25) is 9.78 Å². The molecule has 21 heavy (non-hydrogen) atoms. The number of nitrogens with zero attached hydrogens (tertiary/aromatic N) is 1. The molecule has 0 radical (unpaired) electrons. The van der Waals surface area contributed by atoms with Crippen LogP contribution in [-0.4, -0.2) is 17.9 Å². The van der Waals surface area contributed by atoms with Gasteiger partial charge < -0.3 is 10.6 Å². The van der Waals surface area contributed by atoms with E-state index < -0.39 is 17.6 Å². The van der Waals surface area contributed by atoms with Gasteiger partial charge in [-0.2, -0.15) is 13.2 Å². The number of carbonyl (C=O) groups is 1. The average Bonchev–Trinajstić information content (AvgIpc) is 2.46. The topological polar surface area (TPSA) is 54.0 Å². The van der Waals surface area contributed by atoms with E-state index in [2.05, 4.69) is 15.6 Å². The Morgan fingerprint density at radius 3 is 2.57 bits per heavy atom. The third kappa shape index (κ3) is 3.50. The largest absolute Gasteiger partial charge is 0.416 e. The molecule has 0 unspecified atom stereocenters. The molecular weight excluding hydrogens is 283 g/mol. The number of pyridine rings is 1. The summed E-state index contributed by atoms with van der Waals surface area (Å²) < 4.78 is 38.2. The Balaban J connectivity index is 2.34. The Hall–Kier alpha value is -2.57. The van der Waals surface area contributed by atoms with Gasteiger partial charge in [0.15, 0.2) is 0 Å². The zero-order valence-electron chi connectivity index (χ0n) is 11.0. The van der Waals surface area contributed by atoms with Gasteiger partial charge in [0.1, 0.15) is 0 Å². The van der Waals surface area contributed by atoms with E-state index in [9.17, 15) is 18.0 Å². The molecule has 0 fully saturated rings. The van der Waals surface area contributed by atoms with Gasteiger partial charge in [-0.25, -0.2) is 0 Å². The van der Waals surface area contributed by atoms with Crippen LogP contribution >= 0.6 is 0 Å². The van der Waals surface area contributed by atoms with E-state index in [0.717, 1.165) is 12.1 Å². The van der Waals surface area contributed by atoms with Crippen molar-refractivity contribution in [3.63, 3.8) is 0 Å². The van der Waals surface area contributed by atoms with E-state index in [1.807, 2.05) is 0 Å². The second kappa shape index (κ2) is 5.82. The summed E-state index contributed by atoms with van der Waals surface area (Å²) in [6.07, 6.45) is -1.57. The summed E-state index contributed by atoms with van der Waals surface area (Å²) in [6.45, 7) is 0. The molecule has 0 aliphatic heterocycles. The fourth-order valence-corrected chi connectivity index (χ4v) is 1.76. The van der Waals surface area contributed by atoms with Crippen LogP contribution in [0.1, 0.15) is 15.9 Å². The van der Waals surface area contributed by atoms with E-state index in [1.54, 1.807) is 12.1 Å². The van der Waals surface area contributed by atoms with E-state index in [-0.39, 0.29) is 5.56 Å². The minimum Gasteiger partial charge on any atom is -0.387 e. The van der Waals surface area contributed by atoms with Crippen molar-refractivity contribution in [2.45, 2.75) is 6.18 Å². The maximum atomic E-state index is 12.7. The highest BCUT2D eigenvalue weighted by molar-refractivity contribution is 6.08. The van der Waals surface area contributed by atoms with E-state index >= 15 is 0 Å². The molecule has 4 nitrogen and oxygen atoms in total. The molecule has 2 aromatic rings. The van der Waals surface area contributed by atoms with Gasteiger partial charge in [-0.1, -0.05) is 0 Å². The molecule has 2 rings (SSSR count). The minimum atomic E-state index is -4.50. The highest BCUT2D eigenvalue weighted by Gasteiger charge is 2.31. The minimum absolute atomic E-state index is 0.0869. The monoisotopic (exact) mass is 295 g/mol. The van der Waals surface area contributed by atoms with Crippen molar-refractivity contribution in [2.24, 2.45) is 0 Å². The number of aromatic nitrogens is 1. The molecular formula is C14H12F3N3O. The van der Waals surface area contributed by atoms with Crippen molar-refractivity contribution in [3.8, 4) is 0 Å². The van der Waals surface area contributed by atoms with Crippen LogP contribution < -0.4 is 10.6 Å². The molecule has 0 aliphatic carbocycles. The fourth-order valence-electron chi connectivity index (χ4n) is 1.76. The summed E-state index contributed by atoms with van der Waals surface area (Å²) in [4.78, 5) is 15.9. The number of amides is 1. The summed E-state index contributed by atoms with van der Waals surface area (Å²) in [7, 11) is 1.53. The Labute approximate surface area is 119 Å². The third-order valence-corrected chi connectivity index (χ3v) is 2.78. The number of anilines is 2. The van der Waals surface area contributed by atoms with Crippen molar-refractivity contribution in [1.29, 1.82) is 0 Å². The highest BCUT2D eigenvalue weighted by Crippen LogP contribution is 2.32. The fraction of sp³-hybridized carbons (Fsp3) is 0.143. The molecule has 110 valence electrons. The Morgan fingerprint density at radius 2 is 2.00 bits per heavy atom. The number of halogens is 3. The first-order valence-electron chi connectivity index (χ1n) is 6.02. The summed E-state index contributed by atoms with van der Waals surface area (Å²) in [5.74, 6) is -0.640. The summed E-state index contributed by atoms with van der Waals surface area (Å²) >= 11 is 0. The smallest absolute Gasteiger partial charge is 0.387 e. The van der Waals surface area contributed by atoms with Crippen LogP contribution in [0.3, 0.4) is 0 Å². The number of alkyl halides is 3. The molecule has 0 saturated carbocycles. The molecule has 1 amide bonds. The second-order valence-corrected chi connectivity index (χ2v) is 4.20. The van der Waals surface area contributed by atoms with Crippen LogP contribution in [0, 0.1) is 0 Å². The number of rotatable bonds is 3. The lowest BCUT2D eigenvalue weighted by atomic mass is 10.1. The van der Waals surface area contributed by atoms with Gasteiger partial charge in [-0.15, -0.1) is 0 Å². The zero-order valence-corrected chi connectivity index (χ0v) is 11.0. The molecule has 0 aliphatic rings. The lowest BCUT2D eigenvalue weighted by Gasteiger charge is -2.13. The number of benzene rings is 1. The quantitative estimate of drug-likeness (QED) is 0.912. The predicted octanol–water partition coefficient (Wildman–Crippen LogP) is 3.39. The van der Waals surface area contributed by atoms with Gasteiger partial charge >= 0.3 is 6.18 Å². The summed E-state index contributed by atoms with van der Waals surface area (Å²) in [6, 6.07) is 6.17. The number of nitrogens with one attached hydrogen (secondary N) is 2. The maximum Gasteiger partial charge on any atom is 0.416 e.